The lowest BCUT2D eigenvalue weighted by molar-refractivity contribution is -0.143. The third-order valence-corrected chi connectivity index (χ3v) is 4.88. The topological polar surface area (TPSA) is 77.9 Å². The van der Waals surface area contributed by atoms with Crippen LogP contribution in [0.3, 0.4) is 0 Å². The average molecular weight is 354 g/mol. The van der Waals surface area contributed by atoms with Crippen LogP contribution < -0.4 is 4.90 Å². The van der Waals surface area contributed by atoms with Crippen LogP contribution in [-0.2, 0) is 14.4 Å². The number of nitrogens with zero attached hydrogens (tertiary/aromatic N) is 2. The van der Waals surface area contributed by atoms with E-state index >= 15 is 0 Å². The number of hydrogen-bond donors (Lipinski definition) is 1. The number of carboxylic acid groups (broad SMARTS) is 1. The quantitative estimate of drug-likeness (QED) is 0.894. The number of benzene rings is 2. The van der Waals surface area contributed by atoms with Gasteiger partial charge >= 0.3 is 5.97 Å². The minimum absolute atomic E-state index is 0.0839. The Balaban J connectivity index is 1.78. The van der Waals surface area contributed by atoms with E-state index in [1.54, 1.807) is 18.9 Å². The number of amides is 2. The molecule has 0 aliphatic carbocycles. The molecule has 0 radical (unpaired) electrons. The molecule has 1 aliphatic heterocycles. The highest BCUT2D eigenvalue weighted by Gasteiger charge is 2.37. The molecule has 0 aromatic heterocycles. The van der Waals surface area contributed by atoms with Gasteiger partial charge < -0.3 is 14.9 Å². The van der Waals surface area contributed by atoms with Crippen molar-refractivity contribution in [2.24, 2.45) is 11.8 Å². The lowest BCUT2D eigenvalue weighted by Crippen LogP contribution is -2.38. The predicted molar refractivity (Wildman–Crippen MR) is 98.8 cm³/mol. The number of carboxylic acids is 1. The SMILES string of the molecule is CC(CN(C)C(=O)C1CC(=O)N(c2cccc3ccccc23)C1)C(=O)O. The molecular weight excluding hydrogens is 332 g/mol. The maximum absolute atomic E-state index is 12.6. The van der Waals surface area contributed by atoms with Crippen LogP contribution in [-0.4, -0.2) is 47.9 Å². The predicted octanol–water partition coefficient (Wildman–Crippen LogP) is 2.37. The highest BCUT2D eigenvalue weighted by molar-refractivity contribution is 6.07. The van der Waals surface area contributed by atoms with Crippen molar-refractivity contribution in [2.45, 2.75) is 13.3 Å². The Labute approximate surface area is 152 Å². The highest BCUT2D eigenvalue weighted by atomic mass is 16.4. The number of anilines is 1. The summed E-state index contributed by atoms with van der Waals surface area (Å²) in [7, 11) is 1.59. The Kier molecular flexibility index (Phi) is 4.93. The van der Waals surface area contributed by atoms with Gasteiger partial charge in [-0.1, -0.05) is 43.3 Å². The van der Waals surface area contributed by atoms with Crippen molar-refractivity contribution in [3.05, 3.63) is 42.5 Å². The van der Waals surface area contributed by atoms with Gasteiger partial charge in [-0.3, -0.25) is 14.4 Å². The molecule has 1 fully saturated rings. The second-order valence-corrected chi connectivity index (χ2v) is 6.86. The number of fused-ring (bicyclic) bond motifs is 1. The molecule has 2 aromatic carbocycles. The van der Waals surface area contributed by atoms with E-state index in [0.717, 1.165) is 16.5 Å². The van der Waals surface area contributed by atoms with Crippen LogP contribution in [0.1, 0.15) is 13.3 Å². The molecule has 1 aliphatic rings. The second-order valence-electron chi connectivity index (χ2n) is 6.86. The van der Waals surface area contributed by atoms with Crippen LogP contribution in [0.2, 0.25) is 0 Å². The van der Waals surface area contributed by atoms with Crippen molar-refractivity contribution in [1.82, 2.24) is 4.90 Å². The zero-order chi connectivity index (χ0) is 18.8. The summed E-state index contributed by atoms with van der Waals surface area (Å²) in [5, 5.41) is 11.0. The Morgan fingerprint density at radius 1 is 1.23 bits per heavy atom. The van der Waals surface area contributed by atoms with Crippen LogP contribution in [0.15, 0.2) is 42.5 Å². The van der Waals surface area contributed by atoms with Crippen LogP contribution >= 0.6 is 0 Å². The average Bonchev–Trinajstić information content (AvgIpc) is 3.01. The van der Waals surface area contributed by atoms with Gasteiger partial charge in [-0.25, -0.2) is 0 Å². The number of carbonyl (C=O) groups is 3. The number of hydrogen-bond acceptors (Lipinski definition) is 3. The molecule has 6 heteroatoms. The van der Waals surface area contributed by atoms with Crippen molar-refractivity contribution in [2.75, 3.05) is 25.0 Å². The Bertz CT molecular complexity index is 859. The fourth-order valence-corrected chi connectivity index (χ4v) is 3.44. The summed E-state index contributed by atoms with van der Waals surface area (Å²) in [5.41, 5.74) is 0.810. The fourth-order valence-electron chi connectivity index (χ4n) is 3.44. The summed E-state index contributed by atoms with van der Waals surface area (Å²) in [5.74, 6) is -2.30. The van der Waals surface area contributed by atoms with Crippen molar-refractivity contribution in [1.29, 1.82) is 0 Å². The molecule has 1 saturated heterocycles. The van der Waals surface area contributed by atoms with Crippen molar-refractivity contribution in [3.8, 4) is 0 Å². The van der Waals surface area contributed by atoms with E-state index in [9.17, 15) is 14.4 Å². The van der Waals surface area contributed by atoms with Crippen molar-refractivity contribution < 1.29 is 19.5 Å². The van der Waals surface area contributed by atoms with E-state index in [4.69, 9.17) is 5.11 Å². The van der Waals surface area contributed by atoms with Gasteiger partial charge in [0.25, 0.3) is 0 Å². The molecule has 1 heterocycles. The molecule has 0 saturated carbocycles. The van der Waals surface area contributed by atoms with Gasteiger partial charge in [0.05, 0.1) is 17.5 Å². The molecule has 136 valence electrons. The van der Waals surface area contributed by atoms with Crippen LogP contribution in [0.4, 0.5) is 5.69 Å². The molecular formula is C20H22N2O4. The molecule has 2 aromatic rings. The van der Waals surface area contributed by atoms with Gasteiger partial charge in [0.1, 0.15) is 0 Å². The third-order valence-electron chi connectivity index (χ3n) is 4.88. The summed E-state index contributed by atoms with van der Waals surface area (Å²) < 4.78 is 0. The highest BCUT2D eigenvalue weighted by Crippen LogP contribution is 2.32. The molecule has 2 unspecified atom stereocenters. The standard InChI is InChI=1S/C20H22N2O4/c1-13(20(25)26)11-21(2)19(24)15-10-18(23)22(12-15)17-9-5-7-14-6-3-4-8-16(14)17/h3-9,13,15H,10-12H2,1-2H3,(H,25,26). The van der Waals surface area contributed by atoms with Crippen LogP contribution in [0.5, 0.6) is 0 Å². The molecule has 26 heavy (non-hydrogen) atoms. The summed E-state index contributed by atoms with van der Waals surface area (Å²) >= 11 is 0. The van der Waals surface area contributed by atoms with Crippen LogP contribution in [0, 0.1) is 11.8 Å². The number of aliphatic carboxylic acids is 1. The van der Waals surface area contributed by atoms with Gasteiger partial charge in [-0.05, 0) is 11.5 Å². The van der Waals surface area contributed by atoms with E-state index in [1.165, 1.54) is 4.90 Å². The minimum atomic E-state index is -0.940. The van der Waals surface area contributed by atoms with Gasteiger partial charge in [-0.15, -0.1) is 0 Å². The Morgan fingerprint density at radius 3 is 2.65 bits per heavy atom. The number of rotatable bonds is 5. The van der Waals surface area contributed by atoms with Crippen LogP contribution in [0.25, 0.3) is 10.8 Å². The molecule has 1 N–H and O–H groups in total. The molecule has 6 nitrogen and oxygen atoms in total. The Morgan fingerprint density at radius 2 is 1.92 bits per heavy atom. The van der Waals surface area contributed by atoms with E-state index < -0.39 is 17.8 Å². The summed E-state index contributed by atoms with van der Waals surface area (Å²) in [6, 6.07) is 13.6. The maximum atomic E-state index is 12.6. The first-order valence-electron chi connectivity index (χ1n) is 8.64. The lowest BCUT2D eigenvalue weighted by Gasteiger charge is -2.23. The zero-order valence-corrected chi connectivity index (χ0v) is 14.9. The summed E-state index contributed by atoms with van der Waals surface area (Å²) in [6.07, 6.45) is 0.147. The first-order chi connectivity index (χ1) is 12.4. The van der Waals surface area contributed by atoms with Gasteiger partial charge in [-0.2, -0.15) is 0 Å². The Hall–Kier alpha value is -2.89. The van der Waals surface area contributed by atoms with Crippen molar-refractivity contribution in [3.63, 3.8) is 0 Å². The number of carbonyl (C=O) groups excluding carboxylic acids is 2. The maximum Gasteiger partial charge on any atom is 0.308 e. The first-order valence-corrected chi connectivity index (χ1v) is 8.64. The van der Waals surface area contributed by atoms with E-state index in [0.29, 0.717) is 6.54 Å². The first kappa shape index (κ1) is 17.9. The van der Waals surface area contributed by atoms with Gasteiger partial charge in [0.2, 0.25) is 11.8 Å². The monoisotopic (exact) mass is 354 g/mol. The third kappa shape index (κ3) is 3.40. The fraction of sp³-hybridized carbons (Fsp3) is 0.350. The molecule has 2 amide bonds. The summed E-state index contributed by atoms with van der Waals surface area (Å²) in [4.78, 5) is 39.3. The summed E-state index contributed by atoms with van der Waals surface area (Å²) in [6.45, 7) is 2.01. The zero-order valence-electron chi connectivity index (χ0n) is 14.9. The van der Waals surface area contributed by atoms with Gasteiger partial charge in [0, 0.05) is 31.9 Å². The van der Waals surface area contributed by atoms with Gasteiger partial charge in [0.15, 0.2) is 0 Å². The molecule has 0 bridgehead atoms. The largest absolute Gasteiger partial charge is 0.481 e. The van der Waals surface area contributed by atoms with E-state index in [-0.39, 0.29) is 24.8 Å². The lowest BCUT2D eigenvalue weighted by atomic mass is 10.1. The normalized spacial score (nSPS) is 18.2. The van der Waals surface area contributed by atoms with Crippen molar-refractivity contribution >= 4 is 34.2 Å². The van der Waals surface area contributed by atoms with E-state index in [2.05, 4.69) is 0 Å². The minimum Gasteiger partial charge on any atom is -0.481 e. The second kappa shape index (κ2) is 7.15. The molecule has 3 rings (SSSR count). The molecule has 0 spiro atoms. The molecule has 2 atom stereocenters. The van der Waals surface area contributed by atoms with E-state index in [1.807, 2.05) is 42.5 Å². The smallest absolute Gasteiger partial charge is 0.308 e.